The summed E-state index contributed by atoms with van der Waals surface area (Å²) in [7, 11) is 0. The summed E-state index contributed by atoms with van der Waals surface area (Å²) in [6, 6.07) is 0. The predicted molar refractivity (Wildman–Crippen MR) is 27.8 cm³/mol. The first kappa shape index (κ1) is 4.82. The zero-order valence-electron chi connectivity index (χ0n) is 4.45. The lowest BCUT2D eigenvalue weighted by Gasteiger charge is -1.92. The van der Waals surface area contributed by atoms with Crippen molar-refractivity contribution >= 4 is 0 Å². The van der Waals surface area contributed by atoms with Crippen molar-refractivity contribution in [2.45, 2.75) is 19.5 Å². The summed E-state index contributed by atoms with van der Waals surface area (Å²) in [6.45, 7) is 5.38. The highest BCUT2D eigenvalue weighted by atomic mass is 19.1. The van der Waals surface area contributed by atoms with Gasteiger partial charge in [0.25, 0.3) is 0 Å². The highest BCUT2D eigenvalue weighted by Crippen LogP contribution is 2.48. The highest BCUT2D eigenvalue weighted by molar-refractivity contribution is 5.10. The molecule has 0 aromatic carbocycles. The maximum atomic E-state index is 12.1. The summed E-state index contributed by atoms with van der Waals surface area (Å²) in [5.74, 6) is 0. The third kappa shape index (κ3) is 0.561. The van der Waals surface area contributed by atoms with Crippen molar-refractivity contribution in [2.75, 3.05) is 0 Å². The quantitative estimate of drug-likeness (QED) is 0.441. The Labute approximate surface area is 43.0 Å². The lowest BCUT2D eigenvalue weighted by atomic mass is 10.1. The van der Waals surface area contributed by atoms with E-state index in [2.05, 4.69) is 6.58 Å². The smallest absolute Gasteiger partial charge is 0.110 e. The number of hydrogen-bond donors (Lipinski definition) is 0. The SMILES string of the molecule is C=CC1(C)CC1F. The molecule has 1 aliphatic carbocycles. The fourth-order valence-electron chi connectivity index (χ4n) is 0.538. The van der Waals surface area contributed by atoms with Crippen LogP contribution in [0.25, 0.3) is 0 Å². The zero-order valence-corrected chi connectivity index (χ0v) is 4.45. The normalized spacial score (nSPS) is 48.6. The molecular weight excluding hydrogens is 91.1 g/mol. The van der Waals surface area contributed by atoms with Crippen molar-refractivity contribution in [1.29, 1.82) is 0 Å². The first-order valence-electron chi connectivity index (χ1n) is 2.47. The number of hydrogen-bond acceptors (Lipinski definition) is 0. The largest absolute Gasteiger partial charge is 0.247 e. The van der Waals surface area contributed by atoms with Crippen molar-refractivity contribution < 1.29 is 4.39 Å². The fraction of sp³-hybridized carbons (Fsp3) is 0.667. The van der Waals surface area contributed by atoms with Crippen LogP contribution in [0.5, 0.6) is 0 Å². The molecule has 2 atom stereocenters. The molecule has 0 radical (unpaired) electrons. The van der Waals surface area contributed by atoms with Gasteiger partial charge in [0.15, 0.2) is 0 Å². The Kier molecular flexibility index (Phi) is 0.748. The number of halogens is 1. The van der Waals surface area contributed by atoms with E-state index in [4.69, 9.17) is 0 Å². The molecule has 1 saturated carbocycles. The number of allylic oxidation sites excluding steroid dienone is 1. The summed E-state index contributed by atoms with van der Waals surface area (Å²) < 4.78 is 12.1. The van der Waals surface area contributed by atoms with Crippen molar-refractivity contribution in [3.63, 3.8) is 0 Å². The average molecular weight is 100 g/mol. The second kappa shape index (κ2) is 1.09. The van der Waals surface area contributed by atoms with E-state index in [0.29, 0.717) is 6.42 Å². The highest BCUT2D eigenvalue weighted by Gasteiger charge is 2.48. The molecule has 0 aromatic rings. The van der Waals surface area contributed by atoms with Crippen LogP contribution in [-0.4, -0.2) is 6.17 Å². The topological polar surface area (TPSA) is 0 Å². The minimum absolute atomic E-state index is 0.153. The molecule has 0 aromatic heterocycles. The van der Waals surface area contributed by atoms with Gasteiger partial charge in [0, 0.05) is 5.41 Å². The molecule has 0 saturated heterocycles. The van der Waals surface area contributed by atoms with Gasteiger partial charge in [-0.3, -0.25) is 0 Å². The van der Waals surface area contributed by atoms with Gasteiger partial charge in [0.2, 0.25) is 0 Å². The van der Waals surface area contributed by atoms with Crippen LogP contribution in [0.4, 0.5) is 4.39 Å². The van der Waals surface area contributed by atoms with E-state index in [-0.39, 0.29) is 5.41 Å². The second-order valence-electron chi connectivity index (χ2n) is 2.38. The van der Waals surface area contributed by atoms with Crippen molar-refractivity contribution in [3.8, 4) is 0 Å². The Morgan fingerprint density at radius 3 is 2.43 bits per heavy atom. The molecular formula is C6H9F. The van der Waals surface area contributed by atoms with Crippen molar-refractivity contribution in [2.24, 2.45) is 5.41 Å². The van der Waals surface area contributed by atoms with Crippen LogP contribution >= 0.6 is 0 Å². The van der Waals surface area contributed by atoms with E-state index in [1.54, 1.807) is 6.08 Å². The van der Waals surface area contributed by atoms with E-state index in [1.807, 2.05) is 6.92 Å². The number of rotatable bonds is 1. The Balaban J connectivity index is 2.51. The van der Waals surface area contributed by atoms with Gasteiger partial charge in [0.1, 0.15) is 6.17 Å². The molecule has 0 N–H and O–H groups in total. The fourth-order valence-corrected chi connectivity index (χ4v) is 0.538. The predicted octanol–water partition coefficient (Wildman–Crippen LogP) is 1.92. The van der Waals surface area contributed by atoms with Gasteiger partial charge < -0.3 is 0 Å². The van der Waals surface area contributed by atoms with Gasteiger partial charge >= 0.3 is 0 Å². The number of alkyl halides is 1. The Morgan fingerprint density at radius 2 is 2.43 bits per heavy atom. The molecule has 2 unspecified atom stereocenters. The molecule has 1 heteroatoms. The third-order valence-corrected chi connectivity index (χ3v) is 1.64. The van der Waals surface area contributed by atoms with Crippen LogP contribution in [0.2, 0.25) is 0 Å². The average Bonchev–Trinajstić information content (AvgIpc) is 2.18. The van der Waals surface area contributed by atoms with Crippen molar-refractivity contribution in [3.05, 3.63) is 12.7 Å². The van der Waals surface area contributed by atoms with Crippen LogP contribution in [0.3, 0.4) is 0 Å². The van der Waals surface area contributed by atoms with E-state index in [9.17, 15) is 4.39 Å². The summed E-state index contributed by atoms with van der Waals surface area (Å²) >= 11 is 0. The van der Waals surface area contributed by atoms with Gasteiger partial charge in [0.05, 0.1) is 0 Å². The maximum Gasteiger partial charge on any atom is 0.110 e. The van der Waals surface area contributed by atoms with E-state index < -0.39 is 6.17 Å². The molecule has 0 nitrogen and oxygen atoms in total. The van der Waals surface area contributed by atoms with E-state index >= 15 is 0 Å². The lowest BCUT2D eigenvalue weighted by molar-refractivity contribution is 0.420. The molecule has 1 rings (SSSR count). The summed E-state index contributed by atoms with van der Waals surface area (Å²) in [5, 5.41) is 0. The van der Waals surface area contributed by atoms with Gasteiger partial charge in [-0.05, 0) is 6.42 Å². The lowest BCUT2D eigenvalue weighted by Crippen LogP contribution is -1.88. The minimum atomic E-state index is -0.606. The summed E-state index contributed by atoms with van der Waals surface area (Å²) in [6.07, 6.45) is 1.76. The molecule has 0 bridgehead atoms. The van der Waals surface area contributed by atoms with Crippen molar-refractivity contribution in [1.82, 2.24) is 0 Å². The molecule has 0 amide bonds. The summed E-state index contributed by atoms with van der Waals surface area (Å²) in [5.41, 5.74) is -0.153. The first-order chi connectivity index (χ1) is 3.19. The van der Waals surface area contributed by atoms with Crippen LogP contribution in [0.1, 0.15) is 13.3 Å². The molecule has 7 heavy (non-hydrogen) atoms. The molecule has 0 heterocycles. The Bertz CT molecular complexity index is 98.4. The van der Waals surface area contributed by atoms with Gasteiger partial charge in [-0.2, -0.15) is 0 Å². The van der Waals surface area contributed by atoms with E-state index in [0.717, 1.165) is 0 Å². The van der Waals surface area contributed by atoms with Crippen LogP contribution in [0, 0.1) is 5.41 Å². The molecule has 1 aliphatic rings. The first-order valence-corrected chi connectivity index (χ1v) is 2.47. The molecule has 1 fully saturated rings. The van der Waals surface area contributed by atoms with E-state index in [1.165, 1.54) is 0 Å². The Morgan fingerprint density at radius 1 is 2.00 bits per heavy atom. The monoisotopic (exact) mass is 100 g/mol. The Hall–Kier alpha value is -0.330. The molecule has 0 spiro atoms. The molecule has 40 valence electrons. The van der Waals surface area contributed by atoms with Crippen LogP contribution in [-0.2, 0) is 0 Å². The second-order valence-corrected chi connectivity index (χ2v) is 2.38. The van der Waals surface area contributed by atoms with Gasteiger partial charge in [-0.15, -0.1) is 6.58 Å². The van der Waals surface area contributed by atoms with Gasteiger partial charge in [-0.1, -0.05) is 13.0 Å². The zero-order chi connectivity index (χ0) is 5.49. The maximum absolute atomic E-state index is 12.1. The van der Waals surface area contributed by atoms with Crippen LogP contribution < -0.4 is 0 Å². The van der Waals surface area contributed by atoms with Crippen LogP contribution in [0.15, 0.2) is 12.7 Å². The summed E-state index contributed by atoms with van der Waals surface area (Å²) in [4.78, 5) is 0. The van der Waals surface area contributed by atoms with Gasteiger partial charge in [-0.25, -0.2) is 4.39 Å². The minimum Gasteiger partial charge on any atom is -0.247 e. The third-order valence-electron chi connectivity index (χ3n) is 1.64. The molecule has 0 aliphatic heterocycles. The standard InChI is InChI=1S/C6H9F/c1-3-6(2)4-5(6)7/h3,5H,1,4H2,2H3.